The summed E-state index contributed by atoms with van der Waals surface area (Å²) in [5.41, 5.74) is 11.6. The number of anilines is 6. The van der Waals surface area contributed by atoms with E-state index in [1.807, 2.05) is 11.8 Å². The third-order valence-corrected chi connectivity index (χ3v) is 12.5. The van der Waals surface area contributed by atoms with Crippen LogP contribution in [0.3, 0.4) is 0 Å². The largest absolute Gasteiger partial charge is 0.310 e. The van der Waals surface area contributed by atoms with Gasteiger partial charge in [0, 0.05) is 43.9 Å². The van der Waals surface area contributed by atoms with E-state index < -0.39 is 0 Å². The molecule has 9 rings (SSSR count). The predicted octanol–water partition coefficient (Wildman–Crippen LogP) is 14.6. The van der Waals surface area contributed by atoms with Gasteiger partial charge in [-0.25, -0.2) is 0 Å². The van der Waals surface area contributed by atoms with Crippen LogP contribution in [0.5, 0.6) is 0 Å². The maximum atomic E-state index is 2.49. The van der Waals surface area contributed by atoms with Crippen LogP contribution in [0.15, 0.2) is 193 Å². The SMILES string of the molecule is CC(C)(C)c1cc(N(c2ccccc2)c2ccc3c(c2)SC2C=CC=CC32C)c(-c2ccccc2)c(N(c2ccccc2)c2ccc3ccccc3c2)c1. The molecule has 0 amide bonds. The molecule has 2 aliphatic rings. The van der Waals surface area contributed by atoms with Gasteiger partial charge in [-0.1, -0.05) is 155 Å². The second-order valence-electron chi connectivity index (χ2n) is 15.6. The summed E-state index contributed by atoms with van der Waals surface area (Å²) in [4.78, 5) is 6.29. The molecule has 2 nitrogen and oxygen atoms in total. The zero-order valence-electron chi connectivity index (χ0n) is 31.3. The Kier molecular flexibility index (Phi) is 8.55. The number of nitrogens with zero attached hydrogens (tertiary/aromatic N) is 2. The minimum absolute atomic E-state index is 0.0184. The standard InChI is InChI=1S/C51H44N2S/c1-50(2,3)39-33-45(52(40-22-10-6-11-23-40)42-28-27-36-18-14-15-21-38(36)32-42)49(37-19-8-5-9-20-37)46(34-39)53(41-24-12-7-13-25-41)43-29-30-44-47(35-43)54-48-26-16-17-31-51(44,48)4/h5-35,48H,1-4H3. The second-order valence-corrected chi connectivity index (χ2v) is 16.8. The fourth-order valence-electron chi connectivity index (χ4n) is 8.07. The third kappa shape index (κ3) is 6.03. The Bertz CT molecular complexity index is 2530. The molecular formula is C51H44N2S. The number of thioether (sulfide) groups is 1. The van der Waals surface area contributed by atoms with Gasteiger partial charge in [0.2, 0.25) is 0 Å². The molecule has 1 aliphatic heterocycles. The molecule has 0 spiro atoms. The van der Waals surface area contributed by atoms with E-state index in [1.165, 1.54) is 32.4 Å². The molecule has 264 valence electrons. The molecule has 54 heavy (non-hydrogen) atoms. The zero-order valence-corrected chi connectivity index (χ0v) is 32.1. The quantitative estimate of drug-likeness (QED) is 0.162. The minimum Gasteiger partial charge on any atom is -0.310 e. The lowest BCUT2D eigenvalue weighted by Crippen LogP contribution is -2.28. The summed E-state index contributed by atoms with van der Waals surface area (Å²) in [5.74, 6) is 0. The molecule has 0 aromatic heterocycles. The van der Waals surface area contributed by atoms with E-state index in [-0.39, 0.29) is 10.8 Å². The number of hydrogen-bond acceptors (Lipinski definition) is 3. The molecule has 0 radical (unpaired) electrons. The first kappa shape index (κ1) is 34.0. The predicted molar refractivity (Wildman–Crippen MR) is 233 cm³/mol. The van der Waals surface area contributed by atoms with Crippen LogP contribution in [0.2, 0.25) is 0 Å². The molecule has 1 heterocycles. The fourth-order valence-corrected chi connectivity index (χ4v) is 9.57. The smallest absolute Gasteiger partial charge is 0.0564 e. The number of benzene rings is 7. The van der Waals surface area contributed by atoms with Gasteiger partial charge in [-0.3, -0.25) is 0 Å². The molecule has 7 aromatic rings. The van der Waals surface area contributed by atoms with Crippen LogP contribution in [0, 0.1) is 0 Å². The molecule has 7 aromatic carbocycles. The lowest BCUT2D eigenvalue weighted by atomic mass is 9.77. The van der Waals surface area contributed by atoms with E-state index >= 15 is 0 Å². The molecule has 0 bridgehead atoms. The van der Waals surface area contributed by atoms with E-state index in [4.69, 9.17) is 0 Å². The van der Waals surface area contributed by atoms with Crippen molar-refractivity contribution in [2.75, 3.05) is 9.80 Å². The third-order valence-electron chi connectivity index (χ3n) is 11.0. The molecule has 2 unspecified atom stereocenters. The van der Waals surface area contributed by atoms with Crippen LogP contribution in [-0.4, -0.2) is 5.25 Å². The highest BCUT2D eigenvalue weighted by atomic mass is 32.2. The van der Waals surface area contributed by atoms with Gasteiger partial charge in [0.25, 0.3) is 0 Å². The highest BCUT2D eigenvalue weighted by molar-refractivity contribution is 8.00. The highest BCUT2D eigenvalue weighted by Crippen LogP contribution is 2.55. The van der Waals surface area contributed by atoms with Gasteiger partial charge < -0.3 is 9.80 Å². The van der Waals surface area contributed by atoms with Crippen molar-refractivity contribution in [1.29, 1.82) is 0 Å². The van der Waals surface area contributed by atoms with Gasteiger partial charge in [0.05, 0.1) is 11.4 Å². The van der Waals surface area contributed by atoms with Crippen molar-refractivity contribution in [2.45, 2.75) is 48.7 Å². The molecular weight excluding hydrogens is 673 g/mol. The van der Waals surface area contributed by atoms with Gasteiger partial charge >= 0.3 is 0 Å². The number of para-hydroxylation sites is 2. The summed E-state index contributed by atoms with van der Waals surface area (Å²) >= 11 is 1.98. The second kappa shape index (κ2) is 13.6. The van der Waals surface area contributed by atoms with Crippen molar-refractivity contribution in [1.82, 2.24) is 0 Å². The normalized spacial score (nSPS) is 17.3. The molecule has 0 fully saturated rings. The number of hydrogen-bond donors (Lipinski definition) is 0. The van der Waals surface area contributed by atoms with E-state index in [0.29, 0.717) is 5.25 Å². The first-order valence-corrected chi connectivity index (χ1v) is 19.8. The maximum Gasteiger partial charge on any atom is 0.0564 e. The maximum absolute atomic E-state index is 2.49. The van der Waals surface area contributed by atoms with E-state index in [9.17, 15) is 0 Å². The Hall–Kier alpha value is -5.77. The zero-order chi connectivity index (χ0) is 36.9. The Morgan fingerprint density at radius 3 is 1.72 bits per heavy atom. The number of allylic oxidation sites excluding steroid dienone is 3. The van der Waals surface area contributed by atoms with Crippen LogP contribution in [0.4, 0.5) is 34.1 Å². The molecule has 3 heteroatoms. The topological polar surface area (TPSA) is 6.48 Å². The van der Waals surface area contributed by atoms with Gasteiger partial charge in [0.15, 0.2) is 0 Å². The van der Waals surface area contributed by atoms with E-state index in [0.717, 1.165) is 39.7 Å². The highest BCUT2D eigenvalue weighted by Gasteiger charge is 2.42. The van der Waals surface area contributed by atoms with Gasteiger partial charge in [0.1, 0.15) is 0 Å². The van der Waals surface area contributed by atoms with Crippen LogP contribution in [0.25, 0.3) is 21.9 Å². The number of rotatable bonds is 7. The summed E-state index contributed by atoms with van der Waals surface area (Å²) in [5, 5.41) is 2.82. The lowest BCUT2D eigenvalue weighted by molar-refractivity contribution is 0.590. The molecule has 1 aliphatic carbocycles. The Morgan fingerprint density at radius 1 is 0.537 bits per heavy atom. The first-order valence-electron chi connectivity index (χ1n) is 18.9. The van der Waals surface area contributed by atoms with Gasteiger partial charge in [-0.15, -0.1) is 11.8 Å². The summed E-state index contributed by atoms with van der Waals surface area (Å²) < 4.78 is 0. The van der Waals surface area contributed by atoms with E-state index in [2.05, 4.69) is 226 Å². The van der Waals surface area contributed by atoms with E-state index in [1.54, 1.807) is 0 Å². The van der Waals surface area contributed by atoms with Crippen LogP contribution >= 0.6 is 11.8 Å². The van der Waals surface area contributed by atoms with Crippen molar-refractivity contribution < 1.29 is 0 Å². The van der Waals surface area contributed by atoms with Crippen molar-refractivity contribution in [3.05, 3.63) is 199 Å². The van der Waals surface area contributed by atoms with Gasteiger partial charge in [-0.2, -0.15) is 0 Å². The summed E-state index contributed by atoms with van der Waals surface area (Å²) in [6.45, 7) is 9.35. The Morgan fingerprint density at radius 2 is 1.09 bits per heavy atom. The van der Waals surface area contributed by atoms with Crippen molar-refractivity contribution in [2.24, 2.45) is 0 Å². The summed E-state index contributed by atoms with van der Waals surface area (Å²) in [7, 11) is 0. The average Bonchev–Trinajstić information content (AvgIpc) is 3.50. The van der Waals surface area contributed by atoms with Crippen molar-refractivity contribution in [3.63, 3.8) is 0 Å². The van der Waals surface area contributed by atoms with Crippen molar-refractivity contribution >= 4 is 56.7 Å². The first-order chi connectivity index (χ1) is 26.3. The van der Waals surface area contributed by atoms with Crippen LogP contribution < -0.4 is 9.80 Å². The lowest BCUT2D eigenvalue weighted by Gasteiger charge is -2.35. The average molecular weight is 717 g/mol. The molecule has 0 saturated carbocycles. The van der Waals surface area contributed by atoms with Gasteiger partial charge in [-0.05, 0) is 93.5 Å². The number of fused-ring (bicyclic) bond motifs is 4. The molecule has 0 saturated heterocycles. The van der Waals surface area contributed by atoms with Crippen LogP contribution in [-0.2, 0) is 10.8 Å². The fraction of sp³-hybridized carbons (Fsp3) is 0.137. The molecule has 0 N–H and O–H groups in total. The summed E-state index contributed by atoms with van der Waals surface area (Å²) in [6, 6.07) is 60.2. The minimum atomic E-state index is -0.135. The monoisotopic (exact) mass is 716 g/mol. The Balaban J connectivity index is 1.36. The van der Waals surface area contributed by atoms with Crippen molar-refractivity contribution in [3.8, 4) is 11.1 Å². The van der Waals surface area contributed by atoms with Crippen LogP contribution in [0.1, 0.15) is 38.8 Å². The molecule has 2 atom stereocenters. The Labute approximate surface area is 324 Å². The summed E-state index contributed by atoms with van der Waals surface area (Å²) in [6.07, 6.45) is 9.14.